The van der Waals surface area contributed by atoms with Gasteiger partial charge in [-0.25, -0.2) is 5.43 Å². The highest BCUT2D eigenvalue weighted by atomic mass is 32.1. The highest BCUT2D eigenvalue weighted by Crippen LogP contribution is 2.18. The van der Waals surface area contributed by atoms with Gasteiger partial charge in [-0.1, -0.05) is 23.5 Å². The molecule has 1 heterocycles. The number of benzene rings is 2. The van der Waals surface area contributed by atoms with Crippen LogP contribution in [0.4, 0.5) is 10.8 Å². The summed E-state index contributed by atoms with van der Waals surface area (Å²) < 4.78 is 5.05. The molecule has 158 valence electrons. The van der Waals surface area contributed by atoms with E-state index < -0.39 is 10.8 Å². The van der Waals surface area contributed by atoms with Crippen molar-refractivity contribution in [1.82, 2.24) is 15.6 Å². The van der Waals surface area contributed by atoms with Gasteiger partial charge in [-0.15, -0.1) is 10.2 Å². The molecule has 0 bridgehead atoms. The van der Waals surface area contributed by atoms with Gasteiger partial charge in [0, 0.05) is 23.3 Å². The minimum atomic E-state index is -0.517. The Balaban J connectivity index is 1.51. The Labute approximate surface area is 179 Å². The van der Waals surface area contributed by atoms with Crippen molar-refractivity contribution in [2.45, 2.75) is 6.42 Å². The molecule has 1 aromatic heterocycles. The largest absolute Gasteiger partial charge is 0.497 e. The Kier molecular flexibility index (Phi) is 6.96. The number of rotatable bonds is 8. The van der Waals surface area contributed by atoms with Crippen molar-refractivity contribution >= 4 is 40.2 Å². The summed E-state index contributed by atoms with van der Waals surface area (Å²) in [4.78, 5) is 34.5. The van der Waals surface area contributed by atoms with Gasteiger partial charge < -0.3 is 4.74 Å². The Morgan fingerprint density at radius 1 is 1.23 bits per heavy atom. The van der Waals surface area contributed by atoms with Gasteiger partial charge in [-0.05, 0) is 24.3 Å². The molecule has 0 saturated heterocycles. The first-order chi connectivity index (χ1) is 14.9. The molecule has 0 saturated carbocycles. The number of anilines is 1. The lowest BCUT2D eigenvalue weighted by molar-refractivity contribution is -0.384. The van der Waals surface area contributed by atoms with Gasteiger partial charge in [0.25, 0.3) is 11.6 Å². The van der Waals surface area contributed by atoms with E-state index >= 15 is 0 Å². The van der Waals surface area contributed by atoms with Crippen molar-refractivity contribution in [2.75, 3.05) is 12.4 Å². The summed E-state index contributed by atoms with van der Waals surface area (Å²) in [6.45, 7) is 0. The summed E-state index contributed by atoms with van der Waals surface area (Å²) in [5, 5.41) is 25.5. The Morgan fingerprint density at radius 2 is 2.00 bits per heavy atom. The third-order valence-electron chi connectivity index (χ3n) is 3.84. The van der Waals surface area contributed by atoms with E-state index in [0.29, 0.717) is 21.9 Å². The molecule has 0 unspecified atom stereocenters. The molecule has 0 aliphatic heterocycles. The highest BCUT2D eigenvalue weighted by Gasteiger charge is 2.12. The topological polar surface area (TPSA) is 149 Å². The second kappa shape index (κ2) is 10.0. The molecule has 0 radical (unpaired) electrons. The highest BCUT2D eigenvalue weighted by molar-refractivity contribution is 7.15. The second-order valence-electron chi connectivity index (χ2n) is 6.01. The number of amides is 2. The first-order valence-corrected chi connectivity index (χ1v) is 9.60. The van der Waals surface area contributed by atoms with Crippen LogP contribution < -0.4 is 15.5 Å². The fourth-order valence-corrected chi connectivity index (χ4v) is 3.10. The van der Waals surface area contributed by atoms with E-state index in [0.717, 1.165) is 11.3 Å². The Hall–Kier alpha value is -4.19. The summed E-state index contributed by atoms with van der Waals surface area (Å²) in [6.07, 6.45) is 1.20. The number of carbonyl (C=O) groups is 2. The third kappa shape index (κ3) is 6.14. The summed E-state index contributed by atoms with van der Waals surface area (Å²) in [6, 6.07) is 12.4. The molecule has 2 aromatic carbocycles. The number of ether oxygens (including phenoxy) is 1. The Morgan fingerprint density at radius 3 is 2.71 bits per heavy atom. The van der Waals surface area contributed by atoms with Gasteiger partial charge in [0.15, 0.2) is 0 Å². The average Bonchev–Trinajstić information content (AvgIpc) is 3.20. The number of nitro benzene ring substituents is 1. The number of nitrogens with one attached hydrogen (secondary N) is 2. The molecule has 3 aromatic rings. The molecule has 12 heteroatoms. The fourth-order valence-electron chi connectivity index (χ4n) is 2.36. The summed E-state index contributed by atoms with van der Waals surface area (Å²) in [7, 11) is 1.53. The Bertz CT molecular complexity index is 1130. The van der Waals surface area contributed by atoms with Gasteiger partial charge in [0.05, 0.1) is 24.7 Å². The molecule has 2 amide bonds. The van der Waals surface area contributed by atoms with Crippen LogP contribution >= 0.6 is 11.3 Å². The summed E-state index contributed by atoms with van der Waals surface area (Å²) in [5.41, 5.74) is 3.13. The van der Waals surface area contributed by atoms with Crippen LogP contribution in [0.25, 0.3) is 0 Å². The smallest absolute Gasteiger partial charge is 0.270 e. The number of nitro groups is 1. The lowest BCUT2D eigenvalue weighted by atomic mass is 10.2. The molecular formula is C19H16N6O5S. The van der Waals surface area contributed by atoms with Crippen molar-refractivity contribution in [2.24, 2.45) is 5.10 Å². The van der Waals surface area contributed by atoms with Crippen molar-refractivity contribution in [3.05, 3.63) is 74.8 Å². The maximum absolute atomic E-state index is 12.2. The molecule has 0 aliphatic rings. The van der Waals surface area contributed by atoms with E-state index in [-0.39, 0.29) is 23.1 Å². The summed E-state index contributed by atoms with van der Waals surface area (Å²) in [5.74, 6) is -0.184. The lowest BCUT2D eigenvalue weighted by Crippen LogP contribution is -2.19. The molecule has 11 nitrogen and oxygen atoms in total. The number of aromatic nitrogens is 2. The molecule has 0 fully saturated rings. The predicted molar refractivity (Wildman–Crippen MR) is 113 cm³/mol. The number of hydrogen-bond donors (Lipinski definition) is 2. The first-order valence-electron chi connectivity index (χ1n) is 8.79. The van der Waals surface area contributed by atoms with Gasteiger partial charge in [-0.2, -0.15) is 5.10 Å². The molecule has 3 rings (SSSR count). The standard InChI is InChI=1S/C19H16N6O5S/c1-30-15-7-5-13(6-8-15)18(27)21-19-24-23-17(31-19)10-16(26)22-20-11-12-3-2-4-14(9-12)25(28)29/h2-9,11H,10H2,1H3,(H,22,26)(H,21,24,27)/b20-11-. The lowest BCUT2D eigenvalue weighted by Gasteiger charge is -2.02. The second-order valence-corrected chi connectivity index (χ2v) is 7.07. The zero-order valence-electron chi connectivity index (χ0n) is 16.1. The third-order valence-corrected chi connectivity index (χ3v) is 4.67. The van der Waals surface area contributed by atoms with E-state index in [1.165, 1.54) is 31.5 Å². The predicted octanol–water partition coefficient (Wildman–Crippen LogP) is 2.40. The maximum atomic E-state index is 12.2. The van der Waals surface area contributed by atoms with Crippen LogP contribution in [0.2, 0.25) is 0 Å². The molecule has 0 atom stereocenters. The van der Waals surface area contributed by atoms with Crippen molar-refractivity contribution in [1.29, 1.82) is 0 Å². The monoisotopic (exact) mass is 440 g/mol. The zero-order chi connectivity index (χ0) is 22.2. The zero-order valence-corrected chi connectivity index (χ0v) is 17.0. The van der Waals surface area contributed by atoms with E-state index in [1.807, 2.05) is 0 Å². The van der Waals surface area contributed by atoms with Gasteiger partial charge in [-0.3, -0.25) is 25.0 Å². The van der Waals surface area contributed by atoms with E-state index in [4.69, 9.17) is 4.74 Å². The van der Waals surface area contributed by atoms with Crippen molar-refractivity contribution < 1.29 is 19.2 Å². The minimum absolute atomic E-state index is 0.0756. The van der Waals surface area contributed by atoms with Crippen LogP contribution in [0.3, 0.4) is 0 Å². The van der Waals surface area contributed by atoms with Crippen LogP contribution in [-0.2, 0) is 11.2 Å². The molecule has 2 N–H and O–H groups in total. The van der Waals surface area contributed by atoms with Crippen LogP contribution in [0.15, 0.2) is 53.6 Å². The average molecular weight is 440 g/mol. The van der Waals surface area contributed by atoms with E-state index in [2.05, 4.69) is 26.0 Å². The number of nitrogens with zero attached hydrogens (tertiary/aromatic N) is 4. The van der Waals surface area contributed by atoms with E-state index in [9.17, 15) is 19.7 Å². The number of hydrazone groups is 1. The number of methoxy groups -OCH3 is 1. The first kappa shape index (κ1) is 21.5. The van der Waals surface area contributed by atoms with Crippen LogP contribution in [0.5, 0.6) is 5.75 Å². The van der Waals surface area contributed by atoms with Gasteiger partial charge in [0.1, 0.15) is 10.8 Å². The maximum Gasteiger partial charge on any atom is 0.270 e. The number of non-ortho nitro benzene ring substituents is 1. The normalized spacial score (nSPS) is 10.6. The van der Waals surface area contributed by atoms with Crippen molar-refractivity contribution in [3.8, 4) is 5.75 Å². The minimum Gasteiger partial charge on any atom is -0.497 e. The van der Waals surface area contributed by atoms with Gasteiger partial charge in [0.2, 0.25) is 11.0 Å². The fraction of sp³-hybridized carbons (Fsp3) is 0.105. The molecule has 0 aliphatic carbocycles. The molecule has 31 heavy (non-hydrogen) atoms. The summed E-state index contributed by atoms with van der Waals surface area (Å²) >= 11 is 1.06. The van der Waals surface area contributed by atoms with Crippen LogP contribution in [-0.4, -0.2) is 40.3 Å². The number of hydrogen-bond acceptors (Lipinski definition) is 9. The van der Waals surface area contributed by atoms with Crippen LogP contribution in [0, 0.1) is 10.1 Å². The molecular weight excluding hydrogens is 424 g/mol. The van der Waals surface area contributed by atoms with E-state index in [1.54, 1.807) is 30.3 Å². The SMILES string of the molecule is COc1ccc(C(=O)Nc2nnc(CC(=O)N/N=C\c3cccc([N+](=O)[O-])c3)s2)cc1. The van der Waals surface area contributed by atoms with Gasteiger partial charge >= 0.3 is 0 Å². The van der Waals surface area contributed by atoms with Crippen molar-refractivity contribution in [3.63, 3.8) is 0 Å². The van der Waals surface area contributed by atoms with Crippen LogP contribution in [0.1, 0.15) is 20.9 Å². The quantitative estimate of drug-likeness (QED) is 0.310. The molecule has 0 spiro atoms. The number of carbonyl (C=O) groups excluding carboxylic acids is 2.